The van der Waals surface area contributed by atoms with E-state index >= 15 is 0 Å². The topological polar surface area (TPSA) is 97.1 Å². The Labute approximate surface area is 143 Å². The maximum atomic E-state index is 11.5. The molecular weight excluding hydrogens is 333 g/mol. The van der Waals surface area contributed by atoms with Gasteiger partial charge in [-0.25, -0.2) is 13.6 Å². The fourth-order valence-electron chi connectivity index (χ4n) is 2.51. The Hall–Kier alpha value is -1.29. The van der Waals surface area contributed by atoms with Crippen LogP contribution in [0.3, 0.4) is 0 Å². The molecule has 2 rings (SSSR count). The first-order valence-corrected chi connectivity index (χ1v) is 9.22. The smallest absolute Gasteiger partial charge is 0.493 e. The third kappa shape index (κ3) is 3.69. The van der Waals surface area contributed by atoms with E-state index in [1.54, 1.807) is 12.1 Å². The average molecular weight is 357 g/mol. The maximum Gasteiger partial charge on any atom is 0.494 e. The Kier molecular flexibility index (Phi) is 4.93. The molecule has 1 aromatic rings. The standard InChI is InChI=1S/C15H24BNO6S/c1-14(2)15(3,4)23-16(22-14)11-7-10(9-24(17,18)19)13(21-6)12(8-11)20-5/h7-8H,9H2,1-6H3,(H2,17,18,19). The number of sulfonamides is 1. The van der Waals surface area contributed by atoms with Crippen molar-refractivity contribution >= 4 is 22.6 Å². The highest BCUT2D eigenvalue weighted by atomic mass is 32.2. The van der Waals surface area contributed by atoms with Crippen LogP contribution in [0, 0.1) is 0 Å². The lowest BCUT2D eigenvalue weighted by atomic mass is 9.78. The summed E-state index contributed by atoms with van der Waals surface area (Å²) in [6.07, 6.45) is 0. The molecule has 0 unspecified atom stereocenters. The molecule has 0 aliphatic carbocycles. The second kappa shape index (κ2) is 6.22. The molecule has 24 heavy (non-hydrogen) atoms. The molecule has 7 nitrogen and oxygen atoms in total. The van der Waals surface area contributed by atoms with Crippen LogP contribution in [0.2, 0.25) is 0 Å². The molecule has 0 amide bonds. The van der Waals surface area contributed by atoms with E-state index in [1.165, 1.54) is 14.2 Å². The summed E-state index contributed by atoms with van der Waals surface area (Å²) < 4.78 is 45.7. The Morgan fingerprint density at radius 1 is 1.08 bits per heavy atom. The number of rotatable bonds is 5. The van der Waals surface area contributed by atoms with Gasteiger partial charge in [0.05, 0.1) is 31.2 Å². The van der Waals surface area contributed by atoms with E-state index in [-0.39, 0.29) is 5.75 Å². The first-order valence-electron chi connectivity index (χ1n) is 7.51. The highest BCUT2D eigenvalue weighted by molar-refractivity contribution is 7.88. The van der Waals surface area contributed by atoms with E-state index in [2.05, 4.69) is 0 Å². The minimum Gasteiger partial charge on any atom is -0.493 e. The van der Waals surface area contributed by atoms with E-state index in [1.807, 2.05) is 27.7 Å². The highest BCUT2D eigenvalue weighted by Gasteiger charge is 2.52. The van der Waals surface area contributed by atoms with E-state index < -0.39 is 28.3 Å². The molecule has 1 heterocycles. The van der Waals surface area contributed by atoms with Crippen molar-refractivity contribution < 1.29 is 27.2 Å². The summed E-state index contributed by atoms with van der Waals surface area (Å²) in [7, 11) is -1.46. The third-order valence-corrected chi connectivity index (χ3v) is 5.17. The summed E-state index contributed by atoms with van der Waals surface area (Å²) in [4.78, 5) is 0. The van der Waals surface area contributed by atoms with Gasteiger partial charge in [-0.05, 0) is 39.2 Å². The predicted molar refractivity (Wildman–Crippen MR) is 92.1 cm³/mol. The van der Waals surface area contributed by atoms with E-state index in [0.717, 1.165) is 0 Å². The van der Waals surface area contributed by atoms with Gasteiger partial charge in [-0.1, -0.05) is 6.07 Å². The molecule has 2 N–H and O–H groups in total. The van der Waals surface area contributed by atoms with Gasteiger partial charge in [-0.2, -0.15) is 0 Å². The first-order chi connectivity index (χ1) is 10.9. The first kappa shape index (κ1) is 19.0. The van der Waals surface area contributed by atoms with E-state index in [0.29, 0.717) is 22.5 Å². The molecular formula is C15H24BNO6S. The maximum absolute atomic E-state index is 11.5. The zero-order valence-corrected chi connectivity index (χ0v) is 15.7. The fourth-order valence-corrected chi connectivity index (χ4v) is 3.15. The van der Waals surface area contributed by atoms with Crippen LogP contribution >= 0.6 is 0 Å². The van der Waals surface area contributed by atoms with Crippen LogP contribution < -0.4 is 20.1 Å². The number of benzene rings is 1. The molecule has 0 bridgehead atoms. The van der Waals surface area contributed by atoms with Gasteiger partial charge in [-0.3, -0.25) is 0 Å². The van der Waals surface area contributed by atoms with Crippen molar-refractivity contribution in [2.24, 2.45) is 5.14 Å². The van der Waals surface area contributed by atoms with Gasteiger partial charge >= 0.3 is 7.12 Å². The summed E-state index contributed by atoms with van der Waals surface area (Å²) in [5, 5.41) is 5.19. The normalized spacial score (nSPS) is 19.4. The lowest BCUT2D eigenvalue weighted by Gasteiger charge is -2.32. The van der Waals surface area contributed by atoms with Gasteiger partial charge < -0.3 is 18.8 Å². The highest BCUT2D eigenvalue weighted by Crippen LogP contribution is 2.38. The fraction of sp³-hybridized carbons (Fsp3) is 0.600. The van der Waals surface area contributed by atoms with Gasteiger partial charge in [0.2, 0.25) is 10.0 Å². The summed E-state index contributed by atoms with van der Waals surface area (Å²) in [6.45, 7) is 7.77. The van der Waals surface area contributed by atoms with Gasteiger partial charge in [0.25, 0.3) is 0 Å². The zero-order chi connectivity index (χ0) is 18.3. The minimum atomic E-state index is -3.74. The molecule has 134 valence electrons. The van der Waals surface area contributed by atoms with Gasteiger partial charge in [-0.15, -0.1) is 0 Å². The van der Waals surface area contributed by atoms with Crippen LogP contribution in [0.5, 0.6) is 11.5 Å². The second-order valence-electron chi connectivity index (χ2n) is 6.81. The average Bonchev–Trinajstić information content (AvgIpc) is 2.64. The van der Waals surface area contributed by atoms with Crippen LogP contribution in [-0.2, 0) is 25.1 Å². The van der Waals surface area contributed by atoms with Gasteiger partial charge in [0.15, 0.2) is 11.5 Å². The van der Waals surface area contributed by atoms with E-state index in [4.69, 9.17) is 23.9 Å². The van der Waals surface area contributed by atoms with Crippen LogP contribution in [0.4, 0.5) is 0 Å². The van der Waals surface area contributed by atoms with Crippen molar-refractivity contribution in [1.29, 1.82) is 0 Å². The summed E-state index contributed by atoms with van der Waals surface area (Å²) >= 11 is 0. The Balaban J connectivity index is 2.51. The lowest BCUT2D eigenvalue weighted by molar-refractivity contribution is 0.00578. The molecule has 1 aliphatic heterocycles. The molecule has 1 fully saturated rings. The number of primary sulfonamides is 1. The van der Waals surface area contributed by atoms with Crippen molar-refractivity contribution in [3.8, 4) is 11.5 Å². The van der Waals surface area contributed by atoms with Crippen molar-refractivity contribution in [3.05, 3.63) is 17.7 Å². The van der Waals surface area contributed by atoms with Crippen molar-refractivity contribution in [2.75, 3.05) is 14.2 Å². The Morgan fingerprint density at radius 3 is 2.04 bits per heavy atom. The van der Waals surface area contributed by atoms with Crippen molar-refractivity contribution in [1.82, 2.24) is 0 Å². The van der Waals surface area contributed by atoms with Gasteiger partial charge in [0, 0.05) is 5.56 Å². The SMILES string of the molecule is COc1cc(B2OC(C)(C)C(C)(C)O2)cc(CS(N)(=O)=O)c1OC. The van der Waals surface area contributed by atoms with E-state index in [9.17, 15) is 8.42 Å². The molecule has 0 spiro atoms. The van der Waals surface area contributed by atoms with Crippen molar-refractivity contribution in [3.63, 3.8) is 0 Å². The molecule has 1 aliphatic rings. The van der Waals surface area contributed by atoms with Crippen LogP contribution in [0.1, 0.15) is 33.3 Å². The molecule has 0 saturated carbocycles. The van der Waals surface area contributed by atoms with Crippen LogP contribution in [0.15, 0.2) is 12.1 Å². The van der Waals surface area contributed by atoms with Crippen LogP contribution in [-0.4, -0.2) is 41.0 Å². The number of ether oxygens (including phenoxy) is 2. The predicted octanol–water partition coefficient (Wildman–Crippen LogP) is 0.792. The number of methoxy groups -OCH3 is 2. The Bertz CT molecular complexity index is 716. The number of hydrogen-bond acceptors (Lipinski definition) is 6. The number of hydrogen-bond donors (Lipinski definition) is 1. The van der Waals surface area contributed by atoms with Gasteiger partial charge in [0.1, 0.15) is 0 Å². The van der Waals surface area contributed by atoms with Crippen LogP contribution in [0.25, 0.3) is 0 Å². The monoisotopic (exact) mass is 357 g/mol. The second-order valence-corrected chi connectivity index (χ2v) is 8.43. The molecule has 0 atom stereocenters. The molecule has 1 aromatic carbocycles. The zero-order valence-electron chi connectivity index (χ0n) is 14.9. The molecule has 0 aromatic heterocycles. The molecule has 0 radical (unpaired) electrons. The lowest BCUT2D eigenvalue weighted by Crippen LogP contribution is -2.41. The quantitative estimate of drug-likeness (QED) is 0.783. The minimum absolute atomic E-state index is 0.326. The third-order valence-electron chi connectivity index (χ3n) is 4.46. The molecule has 1 saturated heterocycles. The van der Waals surface area contributed by atoms with Crippen molar-refractivity contribution in [2.45, 2.75) is 44.6 Å². The summed E-state index contributed by atoms with van der Waals surface area (Å²) in [6, 6.07) is 3.38. The molecule has 9 heteroatoms. The largest absolute Gasteiger partial charge is 0.494 e. The summed E-state index contributed by atoms with van der Waals surface area (Å²) in [5.74, 6) is 0.343. The summed E-state index contributed by atoms with van der Waals surface area (Å²) in [5.41, 5.74) is 0.0181. The Morgan fingerprint density at radius 2 is 1.62 bits per heavy atom. The number of nitrogens with two attached hydrogens (primary N) is 1.